The van der Waals surface area contributed by atoms with Crippen molar-refractivity contribution in [3.8, 4) is 0 Å². The van der Waals surface area contributed by atoms with E-state index in [4.69, 9.17) is 4.74 Å². The van der Waals surface area contributed by atoms with E-state index >= 15 is 0 Å². The van der Waals surface area contributed by atoms with E-state index < -0.39 is 0 Å². The molecule has 0 radical (unpaired) electrons. The highest BCUT2D eigenvalue weighted by Gasteiger charge is 2.26. The molecular weight excluding hydrogens is 296 g/mol. The van der Waals surface area contributed by atoms with Crippen molar-refractivity contribution in [1.29, 1.82) is 0 Å². The van der Waals surface area contributed by atoms with Crippen molar-refractivity contribution < 1.29 is 9.53 Å². The average molecular weight is 328 g/mol. The summed E-state index contributed by atoms with van der Waals surface area (Å²) < 4.78 is 4.95. The first-order valence-electron chi connectivity index (χ1n) is 8.76. The number of rotatable bonds is 6. The van der Waals surface area contributed by atoms with Crippen molar-refractivity contribution >= 4 is 5.97 Å². The lowest BCUT2D eigenvalue weighted by Crippen LogP contribution is -2.18. The number of hydrogen-bond donors (Lipinski definition) is 0. The Balaban J connectivity index is 2.66. The predicted molar refractivity (Wildman–Crippen MR) is 103 cm³/mol. The highest BCUT2D eigenvalue weighted by Crippen LogP contribution is 2.40. The minimum atomic E-state index is -0.222. The van der Waals surface area contributed by atoms with Crippen LogP contribution in [0.4, 0.5) is 0 Å². The molecule has 2 heteroatoms. The third-order valence-electron chi connectivity index (χ3n) is 4.43. The Hall–Kier alpha value is -1.83. The molecule has 132 valence electrons. The van der Waals surface area contributed by atoms with Gasteiger partial charge in [0.1, 0.15) is 0 Å². The first kappa shape index (κ1) is 20.2. The van der Waals surface area contributed by atoms with E-state index in [9.17, 15) is 4.79 Å². The van der Waals surface area contributed by atoms with Crippen LogP contribution in [0.2, 0.25) is 0 Å². The molecule has 0 saturated carbocycles. The maximum absolute atomic E-state index is 10.7. The largest absolute Gasteiger partial charge is 0.466 e. The molecule has 0 aromatic rings. The van der Waals surface area contributed by atoms with Crippen molar-refractivity contribution in [2.45, 2.75) is 60.8 Å². The van der Waals surface area contributed by atoms with Crippen molar-refractivity contribution in [2.75, 3.05) is 6.61 Å². The lowest BCUT2D eigenvalue weighted by Gasteiger charge is -2.32. The number of carbonyl (C=O) groups excluding carboxylic acids is 1. The van der Waals surface area contributed by atoms with Gasteiger partial charge in [0.05, 0.1) is 6.61 Å². The van der Waals surface area contributed by atoms with Crippen LogP contribution < -0.4 is 0 Å². The smallest absolute Gasteiger partial charge is 0.302 e. The molecule has 1 aliphatic carbocycles. The van der Waals surface area contributed by atoms with Crippen LogP contribution in [-0.4, -0.2) is 12.6 Å². The second kappa shape index (κ2) is 9.46. The molecule has 0 aliphatic heterocycles. The van der Waals surface area contributed by atoms with Crippen molar-refractivity contribution in [2.24, 2.45) is 5.41 Å². The first-order valence-corrected chi connectivity index (χ1v) is 8.76. The maximum atomic E-state index is 10.7. The fourth-order valence-corrected chi connectivity index (χ4v) is 2.86. The van der Waals surface area contributed by atoms with Crippen molar-refractivity contribution in [3.63, 3.8) is 0 Å². The van der Waals surface area contributed by atoms with Gasteiger partial charge >= 0.3 is 5.97 Å². The van der Waals surface area contributed by atoms with E-state index in [1.54, 1.807) is 0 Å². The van der Waals surface area contributed by atoms with Gasteiger partial charge in [-0.3, -0.25) is 4.79 Å². The van der Waals surface area contributed by atoms with Gasteiger partial charge in [-0.1, -0.05) is 67.0 Å². The molecule has 0 spiro atoms. The zero-order valence-electron chi connectivity index (χ0n) is 16.1. The molecule has 0 atom stereocenters. The van der Waals surface area contributed by atoms with Crippen molar-refractivity contribution in [1.82, 2.24) is 0 Å². The van der Waals surface area contributed by atoms with E-state index in [0.717, 1.165) is 6.42 Å². The van der Waals surface area contributed by atoms with Gasteiger partial charge in [-0.25, -0.2) is 0 Å². The van der Waals surface area contributed by atoms with E-state index in [0.29, 0.717) is 6.61 Å². The molecule has 0 heterocycles. The SMILES string of the molecule is CC(=O)OCCC(C)=CC=CC(C)=CC=C1C(C)=CCCC1(C)C. The minimum Gasteiger partial charge on any atom is -0.466 e. The van der Waals surface area contributed by atoms with Gasteiger partial charge in [0.15, 0.2) is 0 Å². The number of hydrogen-bond acceptors (Lipinski definition) is 2. The average Bonchev–Trinajstić information content (AvgIpc) is 2.45. The molecule has 0 aromatic heterocycles. The summed E-state index contributed by atoms with van der Waals surface area (Å²) in [6.07, 6.45) is 16.2. The van der Waals surface area contributed by atoms with Crippen LogP contribution in [0, 0.1) is 5.41 Å². The van der Waals surface area contributed by atoms with E-state index in [2.05, 4.69) is 64.2 Å². The normalized spacial score (nSPS) is 20.4. The Morgan fingerprint density at radius 3 is 2.58 bits per heavy atom. The summed E-state index contributed by atoms with van der Waals surface area (Å²) in [5, 5.41) is 0. The Kier molecular flexibility index (Phi) is 7.97. The highest BCUT2D eigenvalue weighted by atomic mass is 16.5. The molecule has 0 bridgehead atoms. The summed E-state index contributed by atoms with van der Waals surface area (Å²) in [6.45, 7) is 12.9. The molecular formula is C22H32O2. The topological polar surface area (TPSA) is 26.3 Å². The lowest BCUT2D eigenvalue weighted by molar-refractivity contribution is -0.140. The van der Waals surface area contributed by atoms with Crippen LogP contribution in [0.3, 0.4) is 0 Å². The fraction of sp³-hybridized carbons (Fsp3) is 0.500. The van der Waals surface area contributed by atoms with Gasteiger partial charge < -0.3 is 4.74 Å². The summed E-state index contributed by atoms with van der Waals surface area (Å²) in [7, 11) is 0. The third kappa shape index (κ3) is 7.16. The molecule has 0 aromatic carbocycles. The number of carbonyl (C=O) groups is 1. The van der Waals surface area contributed by atoms with Gasteiger partial charge in [0.25, 0.3) is 0 Å². The third-order valence-corrected chi connectivity index (χ3v) is 4.43. The zero-order valence-corrected chi connectivity index (χ0v) is 16.1. The molecule has 1 aliphatic rings. The highest BCUT2D eigenvalue weighted by molar-refractivity contribution is 5.65. The van der Waals surface area contributed by atoms with E-state index in [-0.39, 0.29) is 11.4 Å². The lowest BCUT2D eigenvalue weighted by atomic mass is 9.73. The van der Waals surface area contributed by atoms with Crippen LogP contribution in [0.1, 0.15) is 60.8 Å². The molecule has 0 unspecified atom stereocenters. The Labute approximate surface area is 147 Å². The summed E-state index contributed by atoms with van der Waals surface area (Å²) in [5.41, 5.74) is 5.52. The molecule has 0 saturated heterocycles. The number of allylic oxidation sites excluding steroid dienone is 9. The number of ether oxygens (including phenoxy) is 1. The number of esters is 1. The van der Waals surface area contributed by atoms with Crippen molar-refractivity contribution in [3.05, 3.63) is 58.7 Å². The van der Waals surface area contributed by atoms with E-state index in [1.165, 1.54) is 42.1 Å². The summed E-state index contributed by atoms with van der Waals surface area (Å²) in [4.78, 5) is 10.7. The van der Waals surface area contributed by atoms with Gasteiger partial charge in [0.2, 0.25) is 0 Å². The standard InChI is InChI=1S/C22H32O2/c1-17(9-7-10-18(2)14-16-24-20(4)23)12-13-21-19(3)11-8-15-22(21,5)6/h7,9-13H,8,14-16H2,1-6H3. The zero-order chi connectivity index (χ0) is 18.2. The minimum absolute atomic E-state index is 0.222. The van der Waals surface area contributed by atoms with Crippen LogP contribution in [0.5, 0.6) is 0 Å². The summed E-state index contributed by atoms with van der Waals surface area (Å²) >= 11 is 0. The second-order valence-electron chi connectivity index (χ2n) is 7.26. The molecule has 2 nitrogen and oxygen atoms in total. The van der Waals surface area contributed by atoms with Crippen LogP contribution in [0.15, 0.2) is 58.7 Å². The summed E-state index contributed by atoms with van der Waals surface area (Å²) in [5.74, 6) is -0.222. The Morgan fingerprint density at radius 2 is 1.96 bits per heavy atom. The van der Waals surface area contributed by atoms with E-state index in [1.807, 2.05) is 6.92 Å². The van der Waals surface area contributed by atoms with Gasteiger partial charge in [-0.05, 0) is 44.6 Å². The fourth-order valence-electron chi connectivity index (χ4n) is 2.86. The molecule has 0 fully saturated rings. The monoisotopic (exact) mass is 328 g/mol. The molecule has 0 amide bonds. The molecule has 0 N–H and O–H groups in total. The Morgan fingerprint density at radius 1 is 1.25 bits per heavy atom. The first-order chi connectivity index (χ1) is 11.2. The molecule has 24 heavy (non-hydrogen) atoms. The predicted octanol–water partition coefficient (Wildman–Crippen LogP) is 6.08. The van der Waals surface area contributed by atoms with Crippen LogP contribution >= 0.6 is 0 Å². The summed E-state index contributed by atoms with van der Waals surface area (Å²) in [6, 6.07) is 0. The Bertz CT molecular complexity index is 595. The van der Waals surface area contributed by atoms with Crippen LogP contribution in [0.25, 0.3) is 0 Å². The van der Waals surface area contributed by atoms with Gasteiger partial charge in [0, 0.05) is 13.3 Å². The quantitative estimate of drug-likeness (QED) is 0.436. The maximum Gasteiger partial charge on any atom is 0.302 e. The second-order valence-corrected chi connectivity index (χ2v) is 7.26. The van der Waals surface area contributed by atoms with Gasteiger partial charge in [-0.15, -0.1) is 0 Å². The molecule has 1 rings (SSSR count). The van der Waals surface area contributed by atoms with Gasteiger partial charge in [-0.2, -0.15) is 0 Å². The van der Waals surface area contributed by atoms with Crippen LogP contribution in [-0.2, 0) is 9.53 Å².